The summed E-state index contributed by atoms with van der Waals surface area (Å²) in [5.41, 5.74) is 2.72. The smallest absolute Gasteiger partial charge is 0.194 e. The van der Waals surface area contributed by atoms with Crippen molar-refractivity contribution < 1.29 is 0 Å². The van der Waals surface area contributed by atoms with Crippen molar-refractivity contribution in [3.05, 3.63) is 59.9 Å². The lowest BCUT2D eigenvalue weighted by atomic mass is 10.1. The van der Waals surface area contributed by atoms with Gasteiger partial charge in [-0.1, -0.05) is 30.3 Å². The van der Waals surface area contributed by atoms with Crippen LogP contribution in [0.1, 0.15) is 24.6 Å². The van der Waals surface area contributed by atoms with E-state index in [1.54, 1.807) is 0 Å². The summed E-state index contributed by atoms with van der Waals surface area (Å²) in [5, 5.41) is 3.45. The van der Waals surface area contributed by atoms with Gasteiger partial charge in [-0.3, -0.25) is 4.99 Å². The molecule has 1 aliphatic rings. The van der Waals surface area contributed by atoms with E-state index in [9.17, 15) is 0 Å². The minimum absolute atomic E-state index is 0. The number of hydrogen-bond acceptors (Lipinski definition) is 2. The summed E-state index contributed by atoms with van der Waals surface area (Å²) in [6, 6.07) is 15.1. The van der Waals surface area contributed by atoms with Gasteiger partial charge in [0, 0.05) is 52.2 Å². The summed E-state index contributed by atoms with van der Waals surface area (Å²) in [6.45, 7) is 8.31. The van der Waals surface area contributed by atoms with Gasteiger partial charge in [0.1, 0.15) is 0 Å². The second-order valence-corrected chi connectivity index (χ2v) is 7.85. The van der Waals surface area contributed by atoms with E-state index in [4.69, 9.17) is 4.99 Å². The molecule has 1 aromatic carbocycles. The van der Waals surface area contributed by atoms with Crippen LogP contribution in [0.4, 0.5) is 0 Å². The zero-order chi connectivity index (χ0) is 19.8. The van der Waals surface area contributed by atoms with Crippen LogP contribution in [-0.4, -0.2) is 60.1 Å². The van der Waals surface area contributed by atoms with E-state index in [2.05, 4.69) is 89.4 Å². The van der Waals surface area contributed by atoms with Crippen molar-refractivity contribution in [2.24, 2.45) is 18.0 Å². The Bertz CT molecular complexity index is 743. The highest BCUT2D eigenvalue weighted by Gasteiger charge is 2.22. The van der Waals surface area contributed by atoms with Crippen molar-refractivity contribution in [3.8, 4) is 0 Å². The maximum Gasteiger partial charge on any atom is 0.194 e. The molecule has 29 heavy (non-hydrogen) atoms. The van der Waals surface area contributed by atoms with E-state index < -0.39 is 0 Å². The number of nitrogens with zero attached hydrogens (tertiary/aromatic N) is 4. The Morgan fingerprint density at radius 1 is 1.21 bits per heavy atom. The Hall–Kier alpha value is -1.54. The van der Waals surface area contributed by atoms with Crippen molar-refractivity contribution >= 4 is 29.9 Å². The first-order valence-corrected chi connectivity index (χ1v) is 10.5. The Balaban J connectivity index is 0.00000300. The lowest BCUT2D eigenvalue weighted by Gasteiger charge is -2.23. The molecule has 0 saturated carbocycles. The molecule has 0 radical (unpaired) electrons. The summed E-state index contributed by atoms with van der Waals surface area (Å²) in [6.07, 6.45) is 4.48. The molecule has 3 rings (SSSR count). The topological polar surface area (TPSA) is 35.8 Å². The van der Waals surface area contributed by atoms with Crippen molar-refractivity contribution in [2.45, 2.75) is 26.3 Å². The molecule has 2 aromatic rings. The summed E-state index contributed by atoms with van der Waals surface area (Å²) in [5.74, 6) is 1.67. The molecule has 1 aromatic heterocycles. The maximum absolute atomic E-state index is 4.95. The Kier molecular flexibility index (Phi) is 10.0. The molecule has 6 heteroatoms. The summed E-state index contributed by atoms with van der Waals surface area (Å²) in [4.78, 5) is 9.77. The van der Waals surface area contributed by atoms with Gasteiger partial charge < -0.3 is 19.7 Å². The molecule has 5 nitrogen and oxygen atoms in total. The van der Waals surface area contributed by atoms with E-state index in [1.807, 2.05) is 0 Å². The molecular weight excluding hydrogens is 473 g/mol. The van der Waals surface area contributed by atoms with Crippen LogP contribution in [0, 0.1) is 5.92 Å². The van der Waals surface area contributed by atoms with Gasteiger partial charge in [0.25, 0.3) is 0 Å². The molecule has 0 spiro atoms. The minimum Gasteiger partial charge on any atom is -0.357 e. The summed E-state index contributed by atoms with van der Waals surface area (Å²) in [7, 11) is 4.21. The van der Waals surface area contributed by atoms with Crippen LogP contribution in [0.5, 0.6) is 0 Å². The monoisotopic (exact) mass is 509 g/mol. The van der Waals surface area contributed by atoms with E-state index in [-0.39, 0.29) is 24.0 Å². The van der Waals surface area contributed by atoms with Crippen LogP contribution in [0.2, 0.25) is 0 Å². The third-order valence-corrected chi connectivity index (χ3v) is 5.58. The fourth-order valence-corrected chi connectivity index (χ4v) is 3.86. The molecule has 1 saturated heterocycles. The highest BCUT2D eigenvalue weighted by molar-refractivity contribution is 14.0. The number of likely N-dealkylation sites (tertiary alicyclic amines) is 1. The first-order valence-electron chi connectivity index (χ1n) is 10.5. The lowest BCUT2D eigenvalue weighted by Crippen LogP contribution is -2.39. The predicted molar refractivity (Wildman–Crippen MR) is 133 cm³/mol. The number of hydrogen-bond donors (Lipinski definition) is 1. The van der Waals surface area contributed by atoms with Gasteiger partial charge in [-0.15, -0.1) is 24.0 Å². The predicted octanol–water partition coefficient (Wildman–Crippen LogP) is 3.61. The zero-order valence-corrected chi connectivity index (χ0v) is 20.4. The maximum atomic E-state index is 4.95. The van der Waals surface area contributed by atoms with Crippen LogP contribution >= 0.6 is 24.0 Å². The Labute approximate surface area is 193 Å². The van der Waals surface area contributed by atoms with Crippen molar-refractivity contribution in [2.75, 3.05) is 39.8 Å². The van der Waals surface area contributed by atoms with Crippen LogP contribution in [0.3, 0.4) is 0 Å². The molecule has 1 atom stereocenters. The molecule has 0 aliphatic carbocycles. The van der Waals surface area contributed by atoms with Crippen molar-refractivity contribution in [3.63, 3.8) is 0 Å². The third kappa shape index (κ3) is 7.33. The highest BCUT2D eigenvalue weighted by atomic mass is 127. The number of aryl methyl sites for hydroxylation is 1. The number of nitrogens with one attached hydrogen (secondary N) is 1. The quantitative estimate of drug-likeness (QED) is 0.336. The van der Waals surface area contributed by atoms with Crippen molar-refractivity contribution in [1.82, 2.24) is 19.7 Å². The molecule has 0 amide bonds. The lowest BCUT2D eigenvalue weighted by molar-refractivity contribution is 0.329. The van der Waals surface area contributed by atoms with E-state index in [0.717, 1.165) is 45.1 Å². The number of aromatic nitrogens is 1. The first-order chi connectivity index (χ1) is 13.7. The Morgan fingerprint density at radius 3 is 2.69 bits per heavy atom. The molecule has 2 heterocycles. The number of guanidine groups is 1. The van der Waals surface area contributed by atoms with Gasteiger partial charge in [0.2, 0.25) is 0 Å². The van der Waals surface area contributed by atoms with Gasteiger partial charge in [-0.2, -0.15) is 0 Å². The number of rotatable bonds is 8. The van der Waals surface area contributed by atoms with Gasteiger partial charge in [-0.25, -0.2) is 0 Å². The van der Waals surface area contributed by atoms with E-state index in [1.165, 1.54) is 24.2 Å². The molecule has 1 N–H and O–H groups in total. The summed E-state index contributed by atoms with van der Waals surface area (Å²) >= 11 is 0. The van der Waals surface area contributed by atoms with E-state index >= 15 is 0 Å². The Morgan fingerprint density at radius 2 is 2.00 bits per heavy atom. The fourth-order valence-electron chi connectivity index (χ4n) is 3.86. The van der Waals surface area contributed by atoms with Crippen LogP contribution in [-0.2, 0) is 20.0 Å². The standard InChI is InChI=1S/C23H35N5.HI/c1-4-24-23(27(3)19-22-11-8-14-26(22)2)25-17-21-13-16-28(18-21)15-12-20-9-6-5-7-10-20;/h5-11,14,21H,4,12-13,15-19H2,1-3H3,(H,24,25);1H. The number of benzene rings is 1. The second kappa shape index (κ2) is 12.2. The zero-order valence-electron chi connectivity index (χ0n) is 18.1. The number of aliphatic imine (C=N–C) groups is 1. The molecule has 0 bridgehead atoms. The average Bonchev–Trinajstić information content (AvgIpc) is 3.33. The summed E-state index contributed by atoms with van der Waals surface area (Å²) < 4.78 is 2.17. The van der Waals surface area contributed by atoms with Gasteiger partial charge in [0.05, 0.1) is 6.54 Å². The largest absolute Gasteiger partial charge is 0.357 e. The van der Waals surface area contributed by atoms with Crippen molar-refractivity contribution in [1.29, 1.82) is 0 Å². The second-order valence-electron chi connectivity index (χ2n) is 7.85. The SMILES string of the molecule is CCNC(=NCC1CCN(CCc2ccccc2)C1)N(C)Cc1cccn1C.I. The van der Waals surface area contributed by atoms with Gasteiger partial charge >= 0.3 is 0 Å². The highest BCUT2D eigenvalue weighted by Crippen LogP contribution is 2.17. The first kappa shape index (κ1) is 23.7. The molecule has 160 valence electrons. The van der Waals surface area contributed by atoms with Gasteiger partial charge in [0.15, 0.2) is 5.96 Å². The third-order valence-electron chi connectivity index (χ3n) is 5.58. The van der Waals surface area contributed by atoms with Gasteiger partial charge in [-0.05, 0) is 49.9 Å². The normalized spacial score (nSPS) is 17.2. The minimum atomic E-state index is 0. The molecule has 1 fully saturated rings. The molecule has 1 aliphatic heterocycles. The van der Waals surface area contributed by atoms with E-state index in [0.29, 0.717) is 5.92 Å². The van der Waals surface area contributed by atoms with Crippen LogP contribution in [0.25, 0.3) is 0 Å². The van der Waals surface area contributed by atoms with Crippen LogP contribution in [0.15, 0.2) is 53.7 Å². The molecule has 1 unspecified atom stereocenters. The molecular formula is C23H36IN5. The van der Waals surface area contributed by atoms with Crippen LogP contribution < -0.4 is 5.32 Å². The average molecular weight is 509 g/mol. The number of halogens is 1. The fraction of sp³-hybridized carbons (Fsp3) is 0.522.